The number of rotatable bonds is 1. The van der Waals surface area contributed by atoms with Crippen molar-refractivity contribution < 1.29 is 5.11 Å². The summed E-state index contributed by atoms with van der Waals surface area (Å²) in [6.45, 7) is -0.0110. The molecule has 13 heavy (non-hydrogen) atoms. The molecule has 0 aliphatic heterocycles. The molecule has 2 aromatic rings. The van der Waals surface area contributed by atoms with Gasteiger partial charge in [0.2, 0.25) is 0 Å². The first-order chi connectivity index (χ1) is 6.31. The molecule has 1 N–H and O–H groups in total. The highest BCUT2D eigenvalue weighted by molar-refractivity contribution is 6.33. The first kappa shape index (κ1) is 8.41. The molecule has 4 heteroatoms. The Labute approximate surface area is 80.0 Å². The van der Waals surface area contributed by atoms with Gasteiger partial charge in [-0.3, -0.25) is 4.98 Å². The Morgan fingerprint density at radius 2 is 2.23 bits per heavy atom. The van der Waals surface area contributed by atoms with Crippen LogP contribution in [0.1, 0.15) is 5.56 Å². The molecule has 2 heterocycles. The van der Waals surface area contributed by atoms with E-state index in [-0.39, 0.29) is 6.61 Å². The Morgan fingerprint density at radius 1 is 1.38 bits per heavy atom. The van der Waals surface area contributed by atoms with E-state index < -0.39 is 0 Å². The molecule has 0 atom stereocenters. The van der Waals surface area contributed by atoms with E-state index in [0.717, 1.165) is 10.9 Å². The second-order valence-corrected chi connectivity index (χ2v) is 3.03. The number of pyridine rings is 2. The van der Waals surface area contributed by atoms with Crippen molar-refractivity contribution in [3.05, 3.63) is 35.2 Å². The third-order valence-electron chi connectivity index (χ3n) is 1.79. The average molecular weight is 195 g/mol. The number of aliphatic hydroxyl groups excluding tert-OH is 1. The van der Waals surface area contributed by atoms with E-state index in [2.05, 4.69) is 9.97 Å². The molecule has 0 spiro atoms. The topological polar surface area (TPSA) is 46.0 Å². The summed E-state index contributed by atoms with van der Waals surface area (Å²) < 4.78 is 0. The molecule has 66 valence electrons. The van der Waals surface area contributed by atoms with Gasteiger partial charge in [-0.05, 0) is 17.7 Å². The summed E-state index contributed by atoms with van der Waals surface area (Å²) in [5.74, 6) is 0. The van der Waals surface area contributed by atoms with Crippen LogP contribution in [0.4, 0.5) is 0 Å². The summed E-state index contributed by atoms with van der Waals surface area (Å²) in [5, 5.41) is 10.2. The van der Waals surface area contributed by atoms with Gasteiger partial charge in [0.1, 0.15) is 5.52 Å². The second kappa shape index (κ2) is 3.28. The summed E-state index contributed by atoms with van der Waals surface area (Å²) in [6, 6.07) is 3.66. The Bertz CT molecular complexity index is 445. The summed E-state index contributed by atoms with van der Waals surface area (Å²) in [4.78, 5) is 8.00. The van der Waals surface area contributed by atoms with Crippen molar-refractivity contribution in [2.45, 2.75) is 6.61 Å². The molecule has 0 saturated heterocycles. The number of hydrogen-bond donors (Lipinski definition) is 1. The number of halogens is 1. The van der Waals surface area contributed by atoms with Gasteiger partial charge in [-0.15, -0.1) is 0 Å². The highest BCUT2D eigenvalue weighted by Crippen LogP contribution is 2.19. The number of fused-ring (bicyclic) bond motifs is 1. The van der Waals surface area contributed by atoms with E-state index in [9.17, 15) is 0 Å². The molecule has 0 radical (unpaired) electrons. The van der Waals surface area contributed by atoms with Gasteiger partial charge in [0.25, 0.3) is 0 Å². The van der Waals surface area contributed by atoms with Crippen molar-refractivity contribution in [3.8, 4) is 0 Å². The molecule has 0 amide bonds. The second-order valence-electron chi connectivity index (χ2n) is 2.68. The standard InChI is InChI=1S/C9H7ClN2O/c10-9-8-7(1-2-11-9)3-6(5-13)4-12-8/h1-4,13H,5H2. The van der Waals surface area contributed by atoms with Gasteiger partial charge in [-0.2, -0.15) is 0 Å². The third kappa shape index (κ3) is 1.48. The SMILES string of the molecule is OCc1cnc2c(Cl)nccc2c1. The van der Waals surface area contributed by atoms with Crippen LogP contribution in [0.2, 0.25) is 5.15 Å². The zero-order chi connectivity index (χ0) is 9.26. The summed E-state index contributed by atoms with van der Waals surface area (Å²) >= 11 is 5.82. The molecule has 0 saturated carbocycles. The van der Waals surface area contributed by atoms with E-state index in [1.807, 2.05) is 12.1 Å². The van der Waals surface area contributed by atoms with E-state index >= 15 is 0 Å². The van der Waals surface area contributed by atoms with Crippen molar-refractivity contribution in [2.24, 2.45) is 0 Å². The van der Waals surface area contributed by atoms with Crippen molar-refractivity contribution in [1.29, 1.82) is 0 Å². The quantitative estimate of drug-likeness (QED) is 0.704. The smallest absolute Gasteiger partial charge is 0.155 e. The number of nitrogens with zero attached hydrogens (tertiary/aromatic N) is 2. The van der Waals surface area contributed by atoms with Crippen LogP contribution in [0.5, 0.6) is 0 Å². The highest BCUT2D eigenvalue weighted by Gasteiger charge is 2.01. The lowest BCUT2D eigenvalue weighted by molar-refractivity contribution is 0.281. The van der Waals surface area contributed by atoms with Gasteiger partial charge >= 0.3 is 0 Å². The van der Waals surface area contributed by atoms with Crippen LogP contribution in [0.25, 0.3) is 10.9 Å². The molecule has 0 bridgehead atoms. The lowest BCUT2D eigenvalue weighted by Crippen LogP contribution is -1.88. The highest BCUT2D eigenvalue weighted by atomic mass is 35.5. The molecule has 0 aliphatic carbocycles. The maximum absolute atomic E-state index is 8.88. The lowest BCUT2D eigenvalue weighted by Gasteiger charge is -2.00. The molecule has 2 aromatic heterocycles. The minimum absolute atomic E-state index is 0.0110. The van der Waals surface area contributed by atoms with Crippen molar-refractivity contribution in [2.75, 3.05) is 0 Å². The average Bonchev–Trinajstić information content (AvgIpc) is 2.18. The van der Waals surface area contributed by atoms with Crippen LogP contribution in [0.3, 0.4) is 0 Å². The van der Waals surface area contributed by atoms with Crippen LogP contribution in [-0.4, -0.2) is 15.1 Å². The molecule has 0 aromatic carbocycles. The molecule has 0 aliphatic rings. The zero-order valence-corrected chi connectivity index (χ0v) is 7.49. The zero-order valence-electron chi connectivity index (χ0n) is 6.74. The van der Waals surface area contributed by atoms with Crippen LogP contribution in [0, 0.1) is 0 Å². The third-order valence-corrected chi connectivity index (χ3v) is 2.07. The molecule has 2 rings (SSSR count). The predicted molar refractivity (Wildman–Crippen MR) is 50.5 cm³/mol. The molecular weight excluding hydrogens is 188 g/mol. The van der Waals surface area contributed by atoms with Gasteiger partial charge < -0.3 is 5.11 Å². The summed E-state index contributed by atoms with van der Waals surface area (Å²) in [5.41, 5.74) is 1.44. The van der Waals surface area contributed by atoms with Gasteiger partial charge in [-0.1, -0.05) is 11.6 Å². The van der Waals surface area contributed by atoms with Crippen LogP contribution in [-0.2, 0) is 6.61 Å². The van der Waals surface area contributed by atoms with Crippen molar-refractivity contribution >= 4 is 22.5 Å². The normalized spacial score (nSPS) is 10.6. The monoisotopic (exact) mass is 194 g/mol. The molecule has 3 nitrogen and oxygen atoms in total. The van der Waals surface area contributed by atoms with E-state index in [1.165, 1.54) is 0 Å². The van der Waals surface area contributed by atoms with Crippen LogP contribution < -0.4 is 0 Å². The Balaban J connectivity index is 2.72. The Hall–Kier alpha value is -1.19. The van der Waals surface area contributed by atoms with Crippen LogP contribution in [0.15, 0.2) is 24.5 Å². The number of hydrogen-bond acceptors (Lipinski definition) is 3. The largest absolute Gasteiger partial charge is 0.392 e. The minimum atomic E-state index is -0.0110. The fourth-order valence-electron chi connectivity index (χ4n) is 1.16. The van der Waals surface area contributed by atoms with Gasteiger partial charge in [-0.25, -0.2) is 4.98 Å². The van der Waals surface area contributed by atoms with Gasteiger partial charge in [0, 0.05) is 17.8 Å². The summed E-state index contributed by atoms with van der Waals surface area (Å²) in [7, 11) is 0. The molecular formula is C9H7ClN2O. The maximum Gasteiger partial charge on any atom is 0.155 e. The Morgan fingerprint density at radius 3 is 3.00 bits per heavy atom. The van der Waals surface area contributed by atoms with Crippen LogP contribution >= 0.6 is 11.6 Å². The first-order valence-electron chi connectivity index (χ1n) is 3.81. The van der Waals surface area contributed by atoms with E-state index in [4.69, 9.17) is 16.7 Å². The minimum Gasteiger partial charge on any atom is -0.392 e. The number of aromatic nitrogens is 2. The number of aliphatic hydroxyl groups is 1. The van der Waals surface area contributed by atoms with E-state index in [0.29, 0.717) is 10.7 Å². The first-order valence-corrected chi connectivity index (χ1v) is 4.19. The van der Waals surface area contributed by atoms with Gasteiger partial charge in [0.05, 0.1) is 6.61 Å². The fourth-order valence-corrected chi connectivity index (χ4v) is 1.37. The maximum atomic E-state index is 8.88. The Kier molecular flexibility index (Phi) is 2.12. The molecule has 0 unspecified atom stereocenters. The molecule has 0 fully saturated rings. The van der Waals surface area contributed by atoms with E-state index in [1.54, 1.807) is 12.4 Å². The predicted octanol–water partition coefficient (Wildman–Crippen LogP) is 1.78. The van der Waals surface area contributed by atoms with Gasteiger partial charge in [0.15, 0.2) is 5.15 Å². The van der Waals surface area contributed by atoms with Crippen molar-refractivity contribution in [1.82, 2.24) is 9.97 Å². The van der Waals surface area contributed by atoms with Crippen molar-refractivity contribution in [3.63, 3.8) is 0 Å². The summed E-state index contributed by atoms with van der Waals surface area (Å²) in [6.07, 6.45) is 3.21. The lowest BCUT2D eigenvalue weighted by atomic mass is 10.2. The fraction of sp³-hybridized carbons (Fsp3) is 0.111.